The fourth-order valence-corrected chi connectivity index (χ4v) is 4.00. The lowest BCUT2D eigenvalue weighted by Gasteiger charge is -2.25. The van der Waals surface area contributed by atoms with Gasteiger partial charge in [-0.15, -0.1) is 11.3 Å². The highest BCUT2D eigenvalue weighted by atomic mass is 32.1. The molecule has 0 spiro atoms. The van der Waals surface area contributed by atoms with Crippen LogP contribution in [-0.2, 0) is 12.8 Å². The summed E-state index contributed by atoms with van der Waals surface area (Å²) in [5.74, 6) is 0.536. The van der Waals surface area contributed by atoms with Crippen molar-refractivity contribution in [3.05, 3.63) is 52.3 Å². The number of amides is 1. The molecule has 1 aliphatic carbocycles. The van der Waals surface area contributed by atoms with Gasteiger partial charge in [0.05, 0.1) is 5.69 Å². The third kappa shape index (κ3) is 2.82. The number of aromatic nitrogens is 4. The largest absolute Gasteiger partial charge is 0.348 e. The number of carbonyl (C=O) groups is 1. The van der Waals surface area contributed by atoms with Crippen molar-refractivity contribution in [3.8, 4) is 10.8 Å². The van der Waals surface area contributed by atoms with Crippen molar-refractivity contribution in [2.45, 2.75) is 32.2 Å². The lowest BCUT2D eigenvalue weighted by molar-refractivity contribution is 0.0937. The van der Waals surface area contributed by atoms with Gasteiger partial charge in [-0.3, -0.25) is 9.89 Å². The Morgan fingerprint density at radius 2 is 2.17 bits per heavy atom. The Balaban J connectivity index is 1.49. The Morgan fingerprint density at radius 3 is 2.96 bits per heavy atom. The van der Waals surface area contributed by atoms with Crippen molar-refractivity contribution in [1.82, 2.24) is 25.5 Å². The highest BCUT2D eigenvalue weighted by Gasteiger charge is 2.23. The van der Waals surface area contributed by atoms with E-state index in [0.29, 0.717) is 15.7 Å². The quantitative estimate of drug-likeness (QED) is 0.768. The molecule has 2 aromatic heterocycles. The topological polar surface area (TPSA) is 83.6 Å². The third-order valence-corrected chi connectivity index (χ3v) is 5.47. The van der Waals surface area contributed by atoms with Crippen molar-refractivity contribution in [1.29, 1.82) is 0 Å². The molecule has 1 aromatic carbocycles. The van der Waals surface area contributed by atoms with Crippen LogP contribution in [0.5, 0.6) is 0 Å². The van der Waals surface area contributed by atoms with E-state index in [2.05, 4.69) is 49.7 Å². The zero-order valence-electron chi connectivity index (χ0n) is 13.2. The van der Waals surface area contributed by atoms with Crippen molar-refractivity contribution < 1.29 is 4.79 Å². The second-order valence-corrected chi connectivity index (χ2v) is 6.95. The van der Waals surface area contributed by atoms with Crippen LogP contribution >= 0.6 is 11.3 Å². The van der Waals surface area contributed by atoms with E-state index in [1.165, 1.54) is 28.8 Å². The summed E-state index contributed by atoms with van der Waals surface area (Å²) in [6, 6.07) is 8.62. The second kappa shape index (κ2) is 6.16. The monoisotopic (exact) mass is 339 g/mol. The maximum absolute atomic E-state index is 12.6. The number of rotatable bonds is 3. The highest BCUT2D eigenvalue weighted by molar-refractivity contribution is 7.17. The number of nitrogens with one attached hydrogen (secondary N) is 2. The molecule has 2 N–H and O–H groups in total. The zero-order valence-corrected chi connectivity index (χ0v) is 14.1. The van der Waals surface area contributed by atoms with E-state index in [0.717, 1.165) is 25.0 Å². The van der Waals surface area contributed by atoms with Crippen LogP contribution < -0.4 is 5.32 Å². The minimum absolute atomic E-state index is 0.0554. The van der Waals surface area contributed by atoms with Gasteiger partial charge in [0.15, 0.2) is 10.8 Å². The normalized spacial score (nSPS) is 16.6. The maximum atomic E-state index is 12.6. The van der Waals surface area contributed by atoms with Gasteiger partial charge in [0.2, 0.25) is 0 Å². The first-order valence-electron chi connectivity index (χ1n) is 7.91. The molecule has 0 saturated heterocycles. The van der Waals surface area contributed by atoms with Gasteiger partial charge in [-0.2, -0.15) is 5.10 Å². The molecule has 4 rings (SSSR count). The minimum atomic E-state index is -0.0554. The maximum Gasteiger partial charge on any atom is 0.263 e. The number of aryl methyl sites for hydroxylation is 2. The molecule has 24 heavy (non-hydrogen) atoms. The van der Waals surface area contributed by atoms with Crippen LogP contribution in [0.15, 0.2) is 30.6 Å². The van der Waals surface area contributed by atoms with Crippen LogP contribution in [0.2, 0.25) is 0 Å². The summed E-state index contributed by atoms with van der Waals surface area (Å²) >= 11 is 1.34. The molecule has 0 fully saturated rings. The van der Waals surface area contributed by atoms with Crippen molar-refractivity contribution in [2.75, 3.05) is 0 Å². The van der Waals surface area contributed by atoms with Gasteiger partial charge < -0.3 is 5.32 Å². The van der Waals surface area contributed by atoms with E-state index in [-0.39, 0.29) is 11.9 Å². The van der Waals surface area contributed by atoms with E-state index < -0.39 is 0 Å². The number of nitrogens with zero attached hydrogens (tertiary/aromatic N) is 3. The standard InChI is InChI=1S/C17H17N5OS/c1-10-14(24-17(20-10)15-18-9-19-22-15)16(23)21-13-7-6-11-4-2-3-5-12(11)8-13/h2-5,9,13H,6-8H2,1H3,(H,21,23)(H,18,19,22). The van der Waals surface area contributed by atoms with Gasteiger partial charge in [-0.25, -0.2) is 9.97 Å². The lowest BCUT2D eigenvalue weighted by atomic mass is 9.88. The first kappa shape index (κ1) is 15.0. The Morgan fingerprint density at radius 1 is 1.33 bits per heavy atom. The molecule has 7 heteroatoms. The van der Waals surface area contributed by atoms with Gasteiger partial charge in [0.25, 0.3) is 5.91 Å². The van der Waals surface area contributed by atoms with E-state index >= 15 is 0 Å². The molecule has 1 amide bonds. The molecule has 3 aromatic rings. The predicted molar refractivity (Wildman–Crippen MR) is 91.9 cm³/mol. The van der Waals surface area contributed by atoms with E-state index in [1.54, 1.807) is 0 Å². The summed E-state index contributed by atoms with van der Waals surface area (Å²) in [5.41, 5.74) is 3.45. The van der Waals surface area contributed by atoms with Gasteiger partial charge in [0, 0.05) is 6.04 Å². The van der Waals surface area contributed by atoms with Crippen LogP contribution in [-0.4, -0.2) is 32.1 Å². The molecule has 1 atom stereocenters. The summed E-state index contributed by atoms with van der Waals surface area (Å²) in [6.45, 7) is 1.85. The number of carbonyl (C=O) groups excluding carboxylic acids is 1. The van der Waals surface area contributed by atoms with Crippen molar-refractivity contribution in [3.63, 3.8) is 0 Å². The van der Waals surface area contributed by atoms with E-state index in [4.69, 9.17) is 0 Å². The number of aromatic amines is 1. The molecule has 1 unspecified atom stereocenters. The summed E-state index contributed by atoms with van der Waals surface area (Å²) in [5, 5.41) is 10.5. The molecule has 6 nitrogen and oxygen atoms in total. The van der Waals surface area contributed by atoms with Crippen molar-refractivity contribution in [2.24, 2.45) is 0 Å². The van der Waals surface area contributed by atoms with Crippen LogP contribution in [0.3, 0.4) is 0 Å². The van der Waals surface area contributed by atoms with Crippen LogP contribution in [0.4, 0.5) is 0 Å². The minimum Gasteiger partial charge on any atom is -0.348 e. The summed E-state index contributed by atoms with van der Waals surface area (Å²) in [4.78, 5) is 21.8. The summed E-state index contributed by atoms with van der Waals surface area (Å²) < 4.78 is 0. The predicted octanol–water partition coefficient (Wildman–Crippen LogP) is 2.52. The number of hydrogen-bond acceptors (Lipinski definition) is 5. The smallest absolute Gasteiger partial charge is 0.263 e. The highest BCUT2D eigenvalue weighted by Crippen LogP contribution is 2.26. The van der Waals surface area contributed by atoms with Crippen LogP contribution in [0.25, 0.3) is 10.8 Å². The van der Waals surface area contributed by atoms with Crippen LogP contribution in [0.1, 0.15) is 32.9 Å². The third-order valence-electron chi connectivity index (χ3n) is 4.30. The number of hydrogen-bond donors (Lipinski definition) is 2. The van der Waals surface area contributed by atoms with E-state index in [9.17, 15) is 4.79 Å². The van der Waals surface area contributed by atoms with Gasteiger partial charge >= 0.3 is 0 Å². The Bertz CT molecular complexity index is 871. The molecule has 0 saturated carbocycles. The molecule has 0 radical (unpaired) electrons. The number of H-pyrrole nitrogens is 1. The molecule has 1 aliphatic rings. The van der Waals surface area contributed by atoms with Gasteiger partial charge in [0.1, 0.15) is 11.2 Å². The Labute approximate surface area is 143 Å². The fraction of sp³-hybridized carbons (Fsp3) is 0.294. The van der Waals surface area contributed by atoms with E-state index in [1.807, 2.05) is 6.92 Å². The molecular formula is C17H17N5OS. The number of benzene rings is 1. The fourth-order valence-electron chi connectivity index (χ4n) is 3.09. The first-order chi connectivity index (χ1) is 11.7. The second-order valence-electron chi connectivity index (χ2n) is 5.95. The average molecular weight is 339 g/mol. The van der Waals surface area contributed by atoms with Crippen molar-refractivity contribution >= 4 is 17.2 Å². The number of fused-ring (bicyclic) bond motifs is 1. The van der Waals surface area contributed by atoms with Crippen LogP contribution in [0, 0.1) is 6.92 Å². The van der Waals surface area contributed by atoms with Gasteiger partial charge in [-0.1, -0.05) is 24.3 Å². The molecule has 0 aliphatic heterocycles. The lowest BCUT2D eigenvalue weighted by Crippen LogP contribution is -2.38. The Hall–Kier alpha value is -2.54. The molecular weight excluding hydrogens is 322 g/mol. The average Bonchev–Trinajstić information content (AvgIpc) is 3.24. The first-order valence-corrected chi connectivity index (χ1v) is 8.73. The Kier molecular flexibility index (Phi) is 3.86. The number of thiazole rings is 1. The summed E-state index contributed by atoms with van der Waals surface area (Å²) in [7, 11) is 0. The molecule has 2 heterocycles. The summed E-state index contributed by atoms with van der Waals surface area (Å²) in [6.07, 6.45) is 4.29. The zero-order chi connectivity index (χ0) is 16.5. The van der Waals surface area contributed by atoms with Gasteiger partial charge in [-0.05, 0) is 37.3 Å². The SMILES string of the molecule is Cc1nc(-c2ncn[nH]2)sc1C(=O)NC1CCc2ccccc2C1. The molecule has 122 valence electrons. The molecule has 0 bridgehead atoms.